The number of hydrogen-bond donors (Lipinski definition) is 1. The Bertz CT molecular complexity index is 949. The SMILES string of the molecule is COP(=O)(CN(Cc1c(F)cc(F)cc1F)C(=S)Nc1c(C)cc(C)cc1C)OC. The highest BCUT2D eigenvalue weighted by atomic mass is 32.1. The van der Waals surface area contributed by atoms with Crippen LogP contribution in [-0.2, 0) is 20.2 Å². The number of benzene rings is 2. The lowest BCUT2D eigenvalue weighted by Crippen LogP contribution is -2.36. The lowest BCUT2D eigenvalue weighted by atomic mass is 10.1. The maximum atomic E-state index is 14.2. The number of thiocarbonyl (C=S) groups is 1. The minimum atomic E-state index is -3.62. The van der Waals surface area contributed by atoms with E-state index in [0.29, 0.717) is 12.1 Å². The summed E-state index contributed by atoms with van der Waals surface area (Å²) < 4.78 is 64.3. The van der Waals surface area contributed by atoms with E-state index in [1.807, 2.05) is 32.9 Å². The van der Waals surface area contributed by atoms with Crippen LogP contribution in [-0.4, -0.2) is 30.5 Å². The average molecular weight is 460 g/mol. The predicted octanol–water partition coefficient (Wildman–Crippen LogP) is 5.67. The lowest BCUT2D eigenvalue weighted by molar-refractivity contribution is 0.259. The second-order valence-electron chi connectivity index (χ2n) is 6.87. The van der Waals surface area contributed by atoms with Gasteiger partial charge in [0.25, 0.3) is 0 Å². The van der Waals surface area contributed by atoms with Gasteiger partial charge in [0.05, 0.1) is 6.54 Å². The number of halogens is 3. The van der Waals surface area contributed by atoms with Gasteiger partial charge in [-0.15, -0.1) is 0 Å². The smallest absolute Gasteiger partial charge is 0.332 e. The Kier molecular flexibility index (Phi) is 8.05. The molecule has 0 spiro atoms. The molecule has 2 aromatic rings. The number of nitrogens with zero attached hydrogens (tertiary/aromatic N) is 1. The highest BCUT2D eigenvalue weighted by Gasteiger charge is 2.29. The Hall–Kier alpha value is -1.93. The van der Waals surface area contributed by atoms with E-state index in [0.717, 1.165) is 22.4 Å². The van der Waals surface area contributed by atoms with Crippen molar-refractivity contribution in [3.8, 4) is 0 Å². The van der Waals surface area contributed by atoms with E-state index in [2.05, 4.69) is 5.32 Å². The Balaban J connectivity index is 2.41. The van der Waals surface area contributed by atoms with Gasteiger partial charge in [0.1, 0.15) is 23.7 Å². The molecule has 0 unspecified atom stereocenters. The molecular formula is C20H24F3N2O3PS. The number of anilines is 1. The van der Waals surface area contributed by atoms with Gasteiger partial charge in [0, 0.05) is 37.6 Å². The first-order chi connectivity index (χ1) is 14.0. The first-order valence-corrected chi connectivity index (χ1v) is 11.1. The average Bonchev–Trinajstić information content (AvgIpc) is 2.66. The third-order valence-corrected chi connectivity index (χ3v) is 6.71. The van der Waals surface area contributed by atoms with E-state index in [1.165, 1.54) is 19.1 Å². The maximum Gasteiger partial charge on any atom is 0.349 e. The van der Waals surface area contributed by atoms with Gasteiger partial charge in [-0.3, -0.25) is 4.57 Å². The van der Waals surface area contributed by atoms with Crippen LogP contribution < -0.4 is 5.32 Å². The van der Waals surface area contributed by atoms with Crippen molar-refractivity contribution in [1.82, 2.24) is 4.90 Å². The van der Waals surface area contributed by atoms with Crippen molar-refractivity contribution in [2.45, 2.75) is 27.3 Å². The molecular weight excluding hydrogens is 436 g/mol. The van der Waals surface area contributed by atoms with Crippen LogP contribution in [0, 0.1) is 38.2 Å². The summed E-state index contributed by atoms with van der Waals surface area (Å²) in [6.07, 6.45) is -0.369. The molecule has 2 rings (SSSR count). The molecule has 0 aliphatic rings. The standard InChI is InChI=1S/C20H24F3N2O3PS/c1-12-6-13(2)19(14(3)7-12)24-20(30)25(11-29(26,27-4)28-5)10-16-17(22)8-15(21)9-18(16)23/h6-9H,10-11H2,1-5H3,(H,24,30). The number of aryl methyl sites for hydroxylation is 3. The van der Waals surface area contributed by atoms with Crippen molar-refractivity contribution >= 4 is 30.6 Å². The summed E-state index contributed by atoms with van der Waals surface area (Å²) >= 11 is 5.45. The van der Waals surface area contributed by atoms with E-state index < -0.39 is 37.2 Å². The molecule has 0 atom stereocenters. The van der Waals surface area contributed by atoms with Crippen LogP contribution in [0.15, 0.2) is 24.3 Å². The van der Waals surface area contributed by atoms with E-state index >= 15 is 0 Å². The molecule has 0 saturated heterocycles. The fourth-order valence-corrected chi connectivity index (χ4v) is 4.43. The second kappa shape index (κ2) is 9.92. The molecule has 0 bridgehead atoms. The molecule has 0 radical (unpaired) electrons. The van der Waals surface area contributed by atoms with Crippen molar-refractivity contribution in [2.24, 2.45) is 0 Å². The summed E-state index contributed by atoms with van der Waals surface area (Å²) in [4.78, 5) is 1.27. The lowest BCUT2D eigenvalue weighted by Gasteiger charge is -2.29. The van der Waals surface area contributed by atoms with Gasteiger partial charge < -0.3 is 19.3 Å². The van der Waals surface area contributed by atoms with Crippen molar-refractivity contribution in [3.05, 3.63) is 64.0 Å². The summed E-state index contributed by atoms with van der Waals surface area (Å²) in [5, 5.41) is 3.11. The number of rotatable bonds is 7. The molecule has 0 aliphatic carbocycles. The number of hydrogen-bond acceptors (Lipinski definition) is 4. The van der Waals surface area contributed by atoms with Crippen LogP contribution in [0.4, 0.5) is 18.9 Å². The Morgan fingerprint density at radius 3 is 2.00 bits per heavy atom. The van der Waals surface area contributed by atoms with Crippen molar-refractivity contribution in [3.63, 3.8) is 0 Å². The molecule has 0 amide bonds. The van der Waals surface area contributed by atoms with Crippen molar-refractivity contribution in [1.29, 1.82) is 0 Å². The summed E-state index contributed by atoms with van der Waals surface area (Å²) in [6.45, 7) is 5.33. The minimum absolute atomic E-state index is 0.0579. The van der Waals surface area contributed by atoms with Crippen molar-refractivity contribution < 1.29 is 26.8 Å². The zero-order chi connectivity index (χ0) is 22.6. The summed E-state index contributed by atoms with van der Waals surface area (Å²) in [6, 6.07) is 5.06. The maximum absolute atomic E-state index is 14.2. The molecule has 0 saturated carbocycles. The van der Waals surface area contributed by atoms with E-state index in [1.54, 1.807) is 0 Å². The summed E-state index contributed by atoms with van der Waals surface area (Å²) in [5.74, 6) is -3.19. The predicted molar refractivity (Wildman–Crippen MR) is 115 cm³/mol. The molecule has 2 aromatic carbocycles. The summed E-state index contributed by atoms with van der Waals surface area (Å²) in [7, 11) is -1.22. The minimum Gasteiger partial charge on any atom is -0.332 e. The van der Waals surface area contributed by atoms with Gasteiger partial charge in [-0.2, -0.15) is 0 Å². The normalized spacial score (nSPS) is 11.5. The highest BCUT2D eigenvalue weighted by Crippen LogP contribution is 2.47. The molecule has 30 heavy (non-hydrogen) atoms. The first-order valence-electron chi connectivity index (χ1n) is 8.97. The number of nitrogens with one attached hydrogen (secondary N) is 1. The Morgan fingerprint density at radius 1 is 1.03 bits per heavy atom. The topological polar surface area (TPSA) is 50.8 Å². The van der Waals surface area contributed by atoms with Gasteiger partial charge >= 0.3 is 7.60 Å². The fraction of sp³-hybridized carbons (Fsp3) is 0.350. The highest BCUT2D eigenvalue weighted by molar-refractivity contribution is 7.80. The van der Waals surface area contributed by atoms with E-state index in [-0.39, 0.29) is 11.4 Å². The zero-order valence-electron chi connectivity index (χ0n) is 17.4. The zero-order valence-corrected chi connectivity index (χ0v) is 19.1. The van der Waals surface area contributed by atoms with Crippen LogP contribution in [0.3, 0.4) is 0 Å². The molecule has 5 nitrogen and oxygen atoms in total. The van der Waals surface area contributed by atoms with Gasteiger partial charge in [-0.05, 0) is 44.1 Å². The van der Waals surface area contributed by atoms with Gasteiger partial charge in [-0.1, -0.05) is 17.7 Å². The van der Waals surface area contributed by atoms with Gasteiger partial charge in [0.2, 0.25) is 0 Å². The third-order valence-electron chi connectivity index (χ3n) is 4.55. The van der Waals surface area contributed by atoms with Crippen LogP contribution >= 0.6 is 19.8 Å². The van der Waals surface area contributed by atoms with Crippen LogP contribution in [0.1, 0.15) is 22.3 Å². The van der Waals surface area contributed by atoms with Crippen LogP contribution in [0.2, 0.25) is 0 Å². The summed E-state index contributed by atoms with van der Waals surface area (Å²) in [5.41, 5.74) is 3.19. The largest absolute Gasteiger partial charge is 0.349 e. The monoisotopic (exact) mass is 460 g/mol. The fourth-order valence-electron chi connectivity index (χ4n) is 3.06. The quantitative estimate of drug-likeness (QED) is 0.424. The van der Waals surface area contributed by atoms with E-state index in [9.17, 15) is 17.7 Å². The van der Waals surface area contributed by atoms with Crippen LogP contribution in [0.25, 0.3) is 0 Å². The Morgan fingerprint density at radius 2 is 1.53 bits per heavy atom. The molecule has 164 valence electrons. The Labute approximate surface area is 179 Å². The molecule has 0 aliphatic heterocycles. The van der Waals surface area contributed by atoms with Crippen LogP contribution in [0.5, 0.6) is 0 Å². The second-order valence-corrected chi connectivity index (χ2v) is 9.49. The van der Waals surface area contributed by atoms with E-state index in [4.69, 9.17) is 21.3 Å². The van der Waals surface area contributed by atoms with Gasteiger partial charge in [-0.25, -0.2) is 13.2 Å². The first kappa shape index (κ1) is 24.3. The molecule has 1 N–H and O–H groups in total. The molecule has 10 heteroatoms. The molecule has 0 aromatic heterocycles. The molecule has 0 heterocycles. The van der Waals surface area contributed by atoms with Crippen molar-refractivity contribution in [2.75, 3.05) is 25.8 Å². The van der Waals surface area contributed by atoms with Gasteiger partial charge in [0.15, 0.2) is 5.11 Å². The molecule has 0 fully saturated rings. The third kappa shape index (κ3) is 5.82.